The number of nitrogens with zero attached hydrogens (tertiary/aromatic N) is 2. The summed E-state index contributed by atoms with van der Waals surface area (Å²) in [6, 6.07) is 7.66. The van der Waals surface area contributed by atoms with Gasteiger partial charge in [0.2, 0.25) is 0 Å². The summed E-state index contributed by atoms with van der Waals surface area (Å²) in [7, 11) is 0. The second-order valence-corrected chi connectivity index (χ2v) is 6.59. The van der Waals surface area contributed by atoms with E-state index in [1.807, 2.05) is 38.1 Å². The molecule has 0 amide bonds. The Kier molecular flexibility index (Phi) is 13.8. The standard InChI is InChI=1S/C16H23ClN2O.C3H8.C2H6/c1-3-18-8-10-19(11-9-18)12-16(13(2)20)14-4-6-15(17)7-5-14;1-3-2;1-2/h4-7,16H,3,8-12H2,1-2H3;3H2,1-2H3;1-2H3. The highest BCUT2D eigenvalue weighted by Crippen LogP contribution is 2.21. The van der Waals surface area contributed by atoms with E-state index in [0.717, 1.165) is 44.8 Å². The highest BCUT2D eigenvalue weighted by atomic mass is 35.5. The van der Waals surface area contributed by atoms with Gasteiger partial charge in [-0.1, -0.05) is 64.8 Å². The van der Waals surface area contributed by atoms with Gasteiger partial charge >= 0.3 is 0 Å². The Labute approximate surface area is 160 Å². The van der Waals surface area contributed by atoms with Gasteiger partial charge in [-0.05, 0) is 31.2 Å². The summed E-state index contributed by atoms with van der Waals surface area (Å²) in [6.07, 6.45) is 1.25. The molecule has 1 atom stereocenters. The predicted octanol–water partition coefficient (Wildman–Crippen LogP) is 5.09. The Hall–Kier alpha value is -0.900. The molecule has 1 unspecified atom stereocenters. The maximum atomic E-state index is 12.0. The fourth-order valence-corrected chi connectivity index (χ4v) is 2.84. The molecule has 1 fully saturated rings. The van der Waals surface area contributed by atoms with Gasteiger partial charge in [0.05, 0.1) is 5.92 Å². The van der Waals surface area contributed by atoms with Crippen LogP contribution in [-0.2, 0) is 4.79 Å². The maximum absolute atomic E-state index is 12.0. The fraction of sp³-hybridized carbons (Fsp3) is 0.667. The smallest absolute Gasteiger partial charge is 0.138 e. The summed E-state index contributed by atoms with van der Waals surface area (Å²) in [6.45, 7) is 18.3. The zero-order valence-electron chi connectivity index (χ0n) is 17.0. The minimum Gasteiger partial charge on any atom is -0.301 e. The Morgan fingerprint density at radius 1 is 1.00 bits per heavy atom. The van der Waals surface area contributed by atoms with E-state index in [4.69, 9.17) is 11.6 Å². The van der Waals surface area contributed by atoms with Gasteiger partial charge in [0.15, 0.2) is 0 Å². The van der Waals surface area contributed by atoms with Gasteiger partial charge in [-0.15, -0.1) is 0 Å². The van der Waals surface area contributed by atoms with E-state index < -0.39 is 0 Å². The van der Waals surface area contributed by atoms with Crippen molar-refractivity contribution >= 4 is 17.4 Å². The molecule has 1 aliphatic rings. The molecule has 0 spiro atoms. The number of benzene rings is 1. The van der Waals surface area contributed by atoms with E-state index >= 15 is 0 Å². The van der Waals surface area contributed by atoms with Crippen molar-refractivity contribution in [1.82, 2.24) is 9.80 Å². The van der Waals surface area contributed by atoms with E-state index in [-0.39, 0.29) is 11.7 Å². The highest BCUT2D eigenvalue weighted by molar-refractivity contribution is 6.30. The predicted molar refractivity (Wildman–Crippen MR) is 111 cm³/mol. The van der Waals surface area contributed by atoms with Crippen LogP contribution >= 0.6 is 11.6 Å². The minimum atomic E-state index is -0.0413. The molecule has 1 heterocycles. The number of Topliss-reactive ketones (excluding diaryl/α,β-unsaturated/α-hetero) is 1. The number of ketones is 1. The largest absolute Gasteiger partial charge is 0.301 e. The average Bonchev–Trinajstić information content (AvgIpc) is 2.63. The third-order valence-electron chi connectivity index (χ3n) is 4.12. The van der Waals surface area contributed by atoms with Gasteiger partial charge in [-0.2, -0.15) is 0 Å². The molecule has 0 radical (unpaired) electrons. The summed E-state index contributed by atoms with van der Waals surface area (Å²) < 4.78 is 0. The number of carbonyl (C=O) groups excluding carboxylic acids is 1. The van der Waals surface area contributed by atoms with Gasteiger partial charge in [0.1, 0.15) is 5.78 Å². The van der Waals surface area contributed by atoms with Crippen LogP contribution in [0.25, 0.3) is 0 Å². The quantitative estimate of drug-likeness (QED) is 0.722. The molecule has 144 valence electrons. The zero-order chi connectivity index (χ0) is 19.2. The topological polar surface area (TPSA) is 23.6 Å². The van der Waals surface area contributed by atoms with Crippen molar-refractivity contribution in [3.05, 3.63) is 34.9 Å². The van der Waals surface area contributed by atoms with E-state index in [1.54, 1.807) is 6.92 Å². The first-order valence-electron chi connectivity index (χ1n) is 9.72. The van der Waals surface area contributed by atoms with Gasteiger partial charge in [0.25, 0.3) is 0 Å². The molecule has 1 aliphatic heterocycles. The number of carbonyl (C=O) groups is 1. The normalized spacial score (nSPS) is 16.1. The summed E-state index contributed by atoms with van der Waals surface area (Å²) in [5.41, 5.74) is 1.07. The number of hydrogen-bond donors (Lipinski definition) is 0. The zero-order valence-corrected chi connectivity index (χ0v) is 17.8. The van der Waals surface area contributed by atoms with Crippen molar-refractivity contribution in [2.45, 2.75) is 53.9 Å². The third kappa shape index (κ3) is 9.39. The molecule has 4 heteroatoms. The van der Waals surface area contributed by atoms with Crippen molar-refractivity contribution in [2.24, 2.45) is 0 Å². The number of piperazine rings is 1. The van der Waals surface area contributed by atoms with Crippen LogP contribution in [0.1, 0.15) is 59.4 Å². The first kappa shape index (κ1) is 24.1. The monoisotopic (exact) mass is 368 g/mol. The lowest BCUT2D eigenvalue weighted by atomic mass is 9.94. The van der Waals surface area contributed by atoms with Gasteiger partial charge < -0.3 is 4.90 Å². The van der Waals surface area contributed by atoms with Crippen molar-refractivity contribution < 1.29 is 4.79 Å². The SMILES string of the molecule is CC.CCC.CCN1CCN(CC(C(C)=O)c2ccc(Cl)cc2)CC1. The van der Waals surface area contributed by atoms with Crippen LogP contribution in [0.4, 0.5) is 0 Å². The number of halogens is 1. The van der Waals surface area contributed by atoms with Crippen molar-refractivity contribution in [2.75, 3.05) is 39.3 Å². The van der Waals surface area contributed by atoms with Crippen LogP contribution in [0, 0.1) is 0 Å². The van der Waals surface area contributed by atoms with Crippen LogP contribution < -0.4 is 0 Å². The molecule has 1 aromatic carbocycles. The molecule has 0 saturated carbocycles. The molecule has 2 rings (SSSR count). The van der Waals surface area contributed by atoms with Crippen LogP contribution in [0.2, 0.25) is 5.02 Å². The lowest BCUT2D eigenvalue weighted by Crippen LogP contribution is -2.47. The molecule has 0 N–H and O–H groups in total. The summed E-state index contributed by atoms with van der Waals surface area (Å²) in [5.74, 6) is 0.186. The van der Waals surface area contributed by atoms with E-state index in [0.29, 0.717) is 5.02 Å². The average molecular weight is 369 g/mol. The van der Waals surface area contributed by atoms with E-state index in [2.05, 4.69) is 30.6 Å². The van der Waals surface area contributed by atoms with E-state index in [1.165, 1.54) is 6.42 Å². The Morgan fingerprint density at radius 3 is 1.84 bits per heavy atom. The Balaban J connectivity index is 0.00000104. The first-order chi connectivity index (χ1) is 12.0. The molecular formula is C21H37ClN2O. The molecule has 25 heavy (non-hydrogen) atoms. The molecule has 0 bridgehead atoms. The summed E-state index contributed by atoms with van der Waals surface area (Å²) >= 11 is 5.92. The lowest BCUT2D eigenvalue weighted by molar-refractivity contribution is -0.119. The minimum absolute atomic E-state index is 0.0413. The van der Waals surface area contributed by atoms with Gasteiger partial charge in [0, 0.05) is 37.7 Å². The molecular weight excluding hydrogens is 332 g/mol. The van der Waals surface area contributed by atoms with Crippen molar-refractivity contribution in [3.63, 3.8) is 0 Å². The number of likely N-dealkylation sites (N-methyl/N-ethyl adjacent to an activating group) is 1. The fourth-order valence-electron chi connectivity index (χ4n) is 2.71. The van der Waals surface area contributed by atoms with E-state index in [9.17, 15) is 4.79 Å². The number of hydrogen-bond acceptors (Lipinski definition) is 3. The second-order valence-electron chi connectivity index (χ2n) is 6.16. The maximum Gasteiger partial charge on any atom is 0.138 e. The van der Waals surface area contributed by atoms with Crippen molar-refractivity contribution in [1.29, 1.82) is 0 Å². The summed E-state index contributed by atoms with van der Waals surface area (Å²) in [4.78, 5) is 16.8. The van der Waals surface area contributed by atoms with Gasteiger partial charge in [-0.25, -0.2) is 0 Å². The van der Waals surface area contributed by atoms with Crippen LogP contribution in [-0.4, -0.2) is 54.9 Å². The molecule has 1 aromatic rings. The first-order valence-corrected chi connectivity index (χ1v) is 10.1. The summed E-state index contributed by atoms with van der Waals surface area (Å²) in [5, 5.41) is 0.715. The second kappa shape index (κ2) is 14.3. The van der Waals surface area contributed by atoms with Crippen molar-refractivity contribution in [3.8, 4) is 0 Å². The molecule has 3 nitrogen and oxygen atoms in total. The highest BCUT2D eigenvalue weighted by Gasteiger charge is 2.23. The Morgan fingerprint density at radius 2 is 1.44 bits per heavy atom. The van der Waals surface area contributed by atoms with Crippen LogP contribution in [0.15, 0.2) is 24.3 Å². The third-order valence-corrected chi connectivity index (χ3v) is 4.37. The molecule has 0 aromatic heterocycles. The molecule has 1 saturated heterocycles. The van der Waals surface area contributed by atoms with Crippen LogP contribution in [0.3, 0.4) is 0 Å². The Bertz CT molecular complexity index is 453. The van der Waals surface area contributed by atoms with Gasteiger partial charge in [-0.3, -0.25) is 9.69 Å². The lowest BCUT2D eigenvalue weighted by Gasteiger charge is -2.35. The van der Waals surface area contributed by atoms with Crippen LogP contribution in [0.5, 0.6) is 0 Å². The molecule has 0 aliphatic carbocycles. The number of rotatable bonds is 5.